The Kier molecular flexibility index (Phi) is 3.62. The van der Waals surface area contributed by atoms with Crippen LogP contribution >= 0.6 is 11.6 Å². The molecule has 0 atom stereocenters. The third kappa shape index (κ3) is 2.62. The molecule has 0 saturated carbocycles. The van der Waals surface area contributed by atoms with Crippen molar-refractivity contribution in [2.75, 3.05) is 0 Å². The number of rotatable bonds is 3. The molecule has 4 nitrogen and oxygen atoms in total. The van der Waals surface area contributed by atoms with Gasteiger partial charge in [0, 0.05) is 24.0 Å². The topological polar surface area (TPSA) is 46.9 Å². The van der Waals surface area contributed by atoms with Gasteiger partial charge in [0.1, 0.15) is 0 Å². The SMILES string of the molecule is Cn1nc(C(=O)NCc2ccccc2Cl)c2ccccc21. The lowest BCUT2D eigenvalue weighted by molar-refractivity contribution is 0.0947. The lowest BCUT2D eigenvalue weighted by Crippen LogP contribution is -2.23. The van der Waals surface area contributed by atoms with Crippen LogP contribution in [0.4, 0.5) is 0 Å². The van der Waals surface area contributed by atoms with Crippen molar-refractivity contribution in [1.29, 1.82) is 0 Å². The van der Waals surface area contributed by atoms with Crippen LogP contribution in [0.15, 0.2) is 48.5 Å². The number of para-hydroxylation sites is 1. The van der Waals surface area contributed by atoms with E-state index >= 15 is 0 Å². The van der Waals surface area contributed by atoms with E-state index in [2.05, 4.69) is 10.4 Å². The summed E-state index contributed by atoms with van der Waals surface area (Å²) in [7, 11) is 1.83. The van der Waals surface area contributed by atoms with Gasteiger partial charge < -0.3 is 5.32 Å². The van der Waals surface area contributed by atoms with Crippen LogP contribution in [0.5, 0.6) is 0 Å². The summed E-state index contributed by atoms with van der Waals surface area (Å²) >= 11 is 6.08. The fourth-order valence-electron chi connectivity index (χ4n) is 2.28. The summed E-state index contributed by atoms with van der Waals surface area (Å²) in [6, 6.07) is 15.1. The molecule has 106 valence electrons. The lowest BCUT2D eigenvalue weighted by atomic mass is 10.2. The molecule has 0 aliphatic rings. The molecule has 0 bridgehead atoms. The molecule has 0 spiro atoms. The quantitative estimate of drug-likeness (QED) is 0.807. The van der Waals surface area contributed by atoms with Gasteiger partial charge in [-0.1, -0.05) is 48.0 Å². The minimum absolute atomic E-state index is 0.202. The first-order valence-corrected chi connectivity index (χ1v) is 6.98. The summed E-state index contributed by atoms with van der Waals surface area (Å²) in [5.74, 6) is -0.202. The first-order chi connectivity index (χ1) is 10.2. The molecule has 5 heteroatoms. The molecule has 1 amide bonds. The van der Waals surface area contributed by atoms with Gasteiger partial charge in [-0.2, -0.15) is 5.10 Å². The highest BCUT2D eigenvalue weighted by atomic mass is 35.5. The number of aromatic nitrogens is 2. The molecule has 0 saturated heterocycles. The van der Waals surface area contributed by atoms with Crippen molar-refractivity contribution in [1.82, 2.24) is 15.1 Å². The average Bonchev–Trinajstić information content (AvgIpc) is 2.84. The number of nitrogens with one attached hydrogen (secondary N) is 1. The third-order valence-corrected chi connectivity index (χ3v) is 3.74. The fourth-order valence-corrected chi connectivity index (χ4v) is 2.49. The van der Waals surface area contributed by atoms with Gasteiger partial charge in [-0.3, -0.25) is 9.48 Å². The number of aryl methyl sites for hydroxylation is 1. The molecule has 1 heterocycles. The number of carbonyl (C=O) groups excluding carboxylic acids is 1. The molecule has 21 heavy (non-hydrogen) atoms. The number of hydrogen-bond donors (Lipinski definition) is 1. The van der Waals surface area contributed by atoms with Gasteiger partial charge in [0.25, 0.3) is 5.91 Å². The number of benzene rings is 2. The smallest absolute Gasteiger partial charge is 0.272 e. The highest BCUT2D eigenvalue weighted by Crippen LogP contribution is 2.18. The zero-order valence-electron chi connectivity index (χ0n) is 11.5. The van der Waals surface area contributed by atoms with Gasteiger partial charge in [0.15, 0.2) is 5.69 Å². The highest BCUT2D eigenvalue weighted by molar-refractivity contribution is 6.31. The first-order valence-electron chi connectivity index (χ1n) is 6.60. The largest absolute Gasteiger partial charge is 0.346 e. The number of carbonyl (C=O) groups is 1. The van der Waals surface area contributed by atoms with Crippen LogP contribution in [0.1, 0.15) is 16.1 Å². The number of hydrogen-bond acceptors (Lipinski definition) is 2. The molecular formula is C16H14ClN3O. The second kappa shape index (κ2) is 5.58. The van der Waals surface area contributed by atoms with Crippen LogP contribution in [0, 0.1) is 0 Å². The summed E-state index contributed by atoms with van der Waals surface area (Å²) in [6.07, 6.45) is 0. The van der Waals surface area contributed by atoms with Crippen LogP contribution in [-0.2, 0) is 13.6 Å². The molecule has 1 N–H and O–H groups in total. The third-order valence-electron chi connectivity index (χ3n) is 3.37. The van der Waals surface area contributed by atoms with E-state index in [1.165, 1.54) is 0 Å². The Hall–Kier alpha value is -2.33. The molecule has 0 fully saturated rings. The summed E-state index contributed by atoms with van der Waals surface area (Å²) in [4.78, 5) is 12.3. The molecule has 1 aromatic heterocycles. The standard InChI is InChI=1S/C16H14ClN3O/c1-20-14-9-5-3-7-12(14)15(19-20)16(21)18-10-11-6-2-4-8-13(11)17/h2-9H,10H2,1H3,(H,18,21). The highest BCUT2D eigenvalue weighted by Gasteiger charge is 2.15. The van der Waals surface area contributed by atoms with E-state index in [9.17, 15) is 4.79 Å². The van der Waals surface area contributed by atoms with Crippen molar-refractivity contribution in [3.63, 3.8) is 0 Å². The molecule has 2 aromatic carbocycles. The van der Waals surface area contributed by atoms with Crippen LogP contribution in [-0.4, -0.2) is 15.7 Å². The first kappa shape index (κ1) is 13.6. The van der Waals surface area contributed by atoms with Crippen molar-refractivity contribution in [3.8, 4) is 0 Å². The van der Waals surface area contributed by atoms with Gasteiger partial charge in [0.2, 0.25) is 0 Å². The van der Waals surface area contributed by atoms with Gasteiger partial charge in [0.05, 0.1) is 5.52 Å². The van der Waals surface area contributed by atoms with Crippen molar-refractivity contribution < 1.29 is 4.79 Å². The summed E-state index contributed by atoms with van der Waals surface area (Å²) in [6.45, 7) is 0.378. The second-order valence-corrected chi connectivity index (χ2v) is 5.17. The predicted molar refractivity (Wildman–Crippen MR) is 83.3 cm³/mol. The zero-order valence-corrected chi connectivity index (χ0v) is 12.3. The van der Waals surface area contributed by atoms with E-state index < -0.39 is 0 Å². The van der Waals surface area contributed by atoms with E-state index in [-0.39, 0.29) is 5.91 Å². The average molecular weight is 300 g/mol. The monoisotopic (exact) mass is 299 g/mol. The van der Waals surface area contributed by atoms with Crippen molar-refractivity contribution in [3.05, 3.63) is 64.8 Å². The minimum atomic E-state index is -0.202. The van der Waals surface area contributed by atoms with E-state index in [1.54, 1.807) is 10.7 Å². The lowest BCUT2D eigenvalue weighted by Gasteiger charge is -2.05. The van der Waals surface area contributed by atoms with Crippen molar-refractivity contribution in [2.45, 2.75) is 6.54 Å². The normalized spacial score (nSPS) is 10.8. The maximum absolute atomic E-state index is 12.3. The Morgan fingerprint density at radius 2 is 1.90 bits per heavy atom. The molecule has 0 radical (unpaired) electrons. The number of amides is 1. The Labute approximate surface area is 127 Å². The Balaban J connectivity index is 1.83. The Morgan fingerprint density at radius 3 is 2.71 bits per heavy atom. The van der Waals surface area contributed by atoms with Crippen LogP contribution in [0.3, 0.4) is 0 Å². The van der Waals surface area contributed by atoms with Crippen LogP contribution in [0.25, 0.3) is 10.9 Å². The number of fused-ring (bicyclic) bond motifs is 1. The number of halogens is 1. The molecule has 0 aliphatic heterocycles. The molecule has 0 aliphatic carbocycles. The Morgan fingerprint density at radius 1 is 1.19 bits per heavy atom. The zero-order chi connectivity index (χ0) is 14.8. The summed E-state index contributed by atoms with van der Waals surface area (Å²) in [5, 5.41) is 8.64. The van der Waals surface area contributed by atoms with Gasteiger partial charge >= 0.3 is 0 Å². The molecule has 3 rings (SSSR count). The van der Waals surface area contributed by atoms with Crippen LogP contribution < -0.4 is 5.32 Å². The number of nitrogens with zero attached hydrogens (tertiary/aromatic N) is 2. The second-order valence-electron chi connectivity index (χ2n) is 4.76. The predicted octanol–water partition coefficient (Wildman–Crippen LogP) is 3.16. The van der Waals surface area contributed by atoms with E-state index in [4.69, 9.17) is 11.6 Å². The molecular weight excluding hydrogens is 286 g/mol. The molecule has 0 unspecified atom stereocenters. The van der Waals surface area contributed by atoms with E-state index in [0.717, 1.165) is 16.5 Å². The fraction of sp³-hybridized carbons (Fsp3) is 0.125. The van der Waals surface area contributed by atoms with Crippen molar-refractivity contribution in [2.24, 2.45) is 7.05 Å². The van der Waals surface area contributed by atoms with Gasteiger partial charge in [-0.05, 0) is 17.7 Å². The molecule has 3 aromatic rings. The maximum Gasteiger partial charge on any atom is 0.272 e. The van der Waals surface area contributed by atoms with Gasteiger partial charge in [-0.25, -0.2) is 0 Å². The van der Waals surface area contributed by atoms with Crippen molar-refractivity contribution >= 4 is 28.4 Å². The minimum Gasteiger partial charge on any atom is -0.346 e. The van der Waals surface area contributed by atoms with E-state index in [1.807, 2.05) is 49.5 Å². The Bertz CT molecular complexity index is 810. The summed E-state index contributed by atoms with van der Waals surface area (Å²) < 4.78 is 1.71. The van der Waals surface area contributed by atoms with E-state index in [0.29, 0.717) is 17.3 Å². The summed E-state index contributed by atoms with van der Waals surface area (Å²) in [5.41, 5.74) is 2.24. The van der Waals surface area contributed by atoms with Crippen LogP contribution in [0.2, 0.25) is 5.02 Å². The maximum atomic E-state index is 12.3. The van der Waals surface area contributed by atoms with Gasteiger partial charge in [-0.15, -0.1) is 0 Å².